The number of anilines is 1. The fourth-order valence-electron chi connectivity index (χ4n) is 2.80. The summed E-state index contributed by atoms with van der Waals surface area (Å²) >= 11 is 0. The lowest BCUT2D eigenvalue weighted by Gasteiger charge is -2.28. The molecule has 0 unspecified atom stereocenters. The molecule has 0 aromatic heterocycles. The van der Waals surface area contributed by atoms with Crippen molar-refractivity contribution in [1.29, 1.82) is 0 Å². The van der Waals surface area contributed by atoms with Gasteiger partial charge in [0.2, 0.25) is 0 Å². The monoisotopic (exact) mass is 301 g/mol. The lowest BCUT2D eigenvalue weighted by molar-refractivity contribution is -0.459. The van der Waals surface area contributed by atoms with Crippen molar-refractivity contribution in [3.05, 3.63) is 29.8 Å². The Bertz CT molecular complexity index is 518. The first-order valence-corrected chi connectivity index (χ1v) is 8.23. The largest absolute Gasteiger partial charge is 0.378 e. The summed E-state index contributed by atoms with van der Waals surface area (Å²) < 4.78 is 5.39. The number of morpholine rings is 1. The van der Waals surface area contributed by atoms with Crippen LogP contribution in [0.3, 0.4) is 0 Å². The summed E-state index contributed by atoms with van der Waals surface area (Å²) in [6.07, 6.45) is 6.72. The van der Waals surface area contributed by atoms with Crippen LogP contribution in [0, 0.1) is 0 Å². The number of nitrogens with zero attached hydrogens (tertiary/aromatic N) is 2. The van der Waals surface area contributed by atoms with E-state index < -0.39 is 0 Å². The second kappa shape index (κ2) is 7.94. The van der Waals surface area contributed by atoms with Crippen LogP contribution in [0.5, 0.6) is 0 Å². The van der Waals surface area contributed by atoms with E-state index >= 15 is 0 Å². The van der Waals surface area contributed by atoms with Gasteiger partial charge in [0, 0.05) is 18.8 Å². The summed E-state index contributed by atoms with van der Waals surface area (Å²) in [5.41, 5.74) is 5.50. The number of hydrogen-bond donors (Lipinski definition) is 2. The van der Waals surface area contributed by atoms with Crippen molar-refractivity contribution in [3.8, 4) is 0 Å². The van der Waals surface area contributed by atoms with Gasteiger partial charge in [-0.2, -0.15) is 5.43 Å². The Morgan fingerprint density at radius 2 is 1.91 bits per heavy atom. The Labute approximate surface area is 132 Å². The van der Waals surface area contributed by atoms with Crippen molar-refractivity contribution in [3.63, 3.8) is 0 Å². The average molecular weight is 301 g/mol. The normalized spacial score (nSPS) is 19.8. The molecule has 2 heterocycles. The van der Waals surface area contributed by atoms with Crippen LogP contribution < -0.4 is 15.3 Å². The Kier molecular flexibility index (Phi) is 5.42. The van der Waals surface area contributed by atoms with Gasteiger partial charge in [-0.1, -0.05) is 17.2 Å². The van der Waals surface area contributed by atoms with Gasteiger partial charge in [-0.3, -0.25) is 4.99 Å². The minimum Gasteiger partial charge on any atom is -0.378 e. The predicted molar refractivity (Wildman–Crippen MR) is 89.5 cm³/mol. The molecule has 2 aliphatic rings. The Morgan fingerprint density at radius 3 is 2.73 bits per heavy atom. The quantitative estimate of drug-likeness (QED) is 0.631. The smallest absolute Gasteiger partial charge is 0.267 e. The van der Waals surface area contributed by atoms with E-state index in [2.05, 4.69) is 44.7 Å². The zero-order valence-electron chi connectivity index (χ0n) is 13.1. The number of ether oxygens (including phenoxy) is 1. The highest BCUT2D eigenvalue weighted by Crippen LogP contribution is 2.15. The van der Waals surface area contributed by atoms with E-state index in [-0.39, 0.29) is 0 Å². The zero-order valence-corrected chi connectivity index (χ0v) is 13.1. The van der Waals surface area contributed by atoms with Crippen molar-refractivity contribution < 1.29 is 9.73 Å². The van der Waals surface area contributed by atoms with Crippen molar-refractivity contribution in [1.82, 2.24) is 5.43 Å². The van der Waals surface area contributed by atoms with E-state index in [1.165, 1.54) is 24.9 Å². The highest BCUT2D eigenvalue weighted by atomic mass is 16.5. The molecular weight excluding hydrogens is 276 g/mol. The molecule has 0 radical (unpaired) electrons. The summed E-state index contributed by atoms with van der Waals surface area (Å²) in [5.74, 6) is 1.14. The van der Waals surface area contributed by atoms with Crippen LogP contribution in [-0.2, 0) is 4.74 Å². The van der Waals surface area contributed by atoms with Crippen LogP contribution in [0.25, 0.3) is 0 Å². The number of hydrazone groups is 1. The maximum Gasteiger partial charge on any atom is 0.267 e. The first-order valence-electron chi connectivity index (χ1n) is 8.23. The SMILES string of the molecule is C(=N\NC1=[NH+]CCCCC1)/c1ccc(N2CCOCC2)cc1. The standard InChI is InChI=1S/C17H24N4O/c1-2-4-17(18-9-3-1)20-19-14-15-5-7-16(8-6-15)21-10-12-22-13-11-21/h5-8,14H,1-4,9-13H2,(H,18,20)/p+1/b19-14+. The summed E-state index contributed by atoms with van der Waals surface area (Å²) in [7, 11) is 0. The van der Waals surface area contributed by atoms with Crippen molar-refractivity contribution in [2.75, 3.05) is 37.7 Å². The number of nitrogens with one attached hydrogen (secondary N) is 2. The topological polar surface area (TPSA) is 50.8 Å². The van der Waals surface area contributed by atoms with Gasteiger partial charge >= 0.3 is 0 Å². The zero-order chi connectivity index (χ0) is 15.0. The second-order valence-electron chi connectivity index (χ2n) is 5.78. The summed E-state index contributed by atoms with van der Waals surface area (Å²) in [4.78, 5) is 5.75. The molecule has 0 bridgehead atoms. The minimum absolute atomic E-state index is 0.818. The minimum atomic E-state index is 0.818. The van der Waals surface area contributed by atoms with E-state index in [4.69, 9.17) is 4.74 Å². The molecule has 118 valence electrons. The molecule has 1 saturated heterocycles. The van der Waals surface area contributed by atoms with Crippen molar-refractivity contribution in [2.24, 2.45) is 5.10 Å². The second-order valence-corrected chi connectivity index (χ2v) is 5.78. The molecule has 1 fully saturated rings. The van der Waals surface area contributed by atoms with Gasteiger partial charge in [-0.25, -0.2) is 0 Å². The van der Waals surface area contributed by atoms with E-state index in [0.717, 1.165) is 50.7 Å². The molecule has 1 aromatic rings. The lowest BCUT2D eigenvalue weighted by atomic mass is 10.2. The first kappa shape index (κ1) is 15.0. The predicted octanol–water partition coefficient (Wildman–Crippen LogP) is 0.500. The van der Waals surface area contributed by atoms with Crippen molar-refractivity contribution in [2.45, 2.75) is 25.7 Å². The summed E-state index contributed by atoms with van der Waals surface area (Å²) in [6.45, 7) is 4.63. The molecule has 0 aliphatic carbocycles. The lowest BCUT2D eigenvalue weighted by Crippen LogP contribution is -2.75. The number of benzene rings is 1. The van der Waals surface area contributed by atoms with Gasteiger partial charge in [0.25, 0.3) is 5.84 Å². The maximum absolute atomic E-state index is 5.39. The Morgan fingerprint density at radius 1 is 1.09 bits per heavy atom. The van der Waals surface area contributed by atoms with Crippen molar-refractivity contribution >= 4 is 17.7 Å². The number of rotatable bonds is 3. The third kappa shape index (κ3) is 4.31. The van der Waals surface area contributed by atoms with Gasteiger partial charge in [0.05, 0.1) is 32.4 Å². The van der Waals surface area contributed by atoms with Crippen LogP contribution in [-0.4, -0.2) is 44.9 Å². The fraction of sp³-hybridized carbons (Fsp3) is 0.529. The summed E-state index contributed by atoms with van der Waals surface area (Å²) in [6, 6.07) is 8.54. The first-order chi connectivity index (χ1) is 10.9. The average Bonchev–Trinajstić information content (AvgIpc) is 2.85. The number of amidine groups is 1. The maximum atomic E-state index is 5.39. The van der Waals surface area contributed by atoms with Gasteiger partial charge in [-0.15, -0.1) is 0 Å². The molecule has 5 nitrogen and oxygen atoms in total. The molecule has 2 N–H and O–H groups in total. The fourth-order valence-corrected chi connectivity index (χ4v) is 2.80. The highest BCUT2D eigenvalue weighted by molar-refractivity contribution is 5.83. The molecule has 0 saturated carbocycles. The van der Waals surface area contributed by atoms with Gasteiger partial charge in [-0.05, 0) is 37.0 Å². The summed E-state index contributed by atoms with van der Waals surface area (Å²) in [5, 5.41) is 4.34. The molecular formula is C17H25N4O+. The molecule has 2 aliphatic heterocycles. The van der Waals surface area contributed by atoms with Gasteiger partial charge in [0.15, 0.2) is 0 Å². The molecule has 22 heavy (non-hydrogen) atoms. The van der Waals surface area contributed by atoms with Crippen LogP contribution in [0.2, 0.25) is 0 Å². The van der Waals surface area contributed by atoms with E-state index in [1.54, 1.807) is 0 Å². The van der Waals surface area contributed by atoms with Gasteiger partial charge < -0.3 is 9.64 Å². The molecule has 1 aromatic carbocycles. The molecule has 0 spiro atoms. The van der Waals surface area contributed by atoms with Crippen LogP contribution in [0.15, 0.2) is 29.4 Å². The highest BCUT2D eigenvalue weighted by Gasteiger charge is 2.11. The van der Waals surface area contributed by atoms with Crippen LogP contribution in [0.4, 0.5) is 5.69 Å². The Balaban J connectivity index is 1.53. The third-order valence-electron chi connectivity index (χ3n) is 4.12. The number of hydrogen-bond acceptors (Lipinski definition) is 4. The van der Waals surface area contributed by atoms with Gasteiger partial charge in [0.1, 0.15) is 0 Å². The molecule has 0 atom stereocenters. The molecule has 0 amide bonds. The Hall–Kier alpha value is -1.88. The molecule has 5 heteroatoms. The van der Waals surface area contributed by atoms with Crippen LogP contribution >= 0.6 is 0 Å². The molecule has 3 rings (SSSR count). The van der Waals surface area contributed by atoms with E-state index in [1.807, 2.05) is 6.21 Å². The van der Waals surface area contributed by atoms with E-state index in [0.29, 0.717) is 0 Å². The van der Waals surface area contributed by atoms with E-state index in [9.17, 15) is 0 Å². The van der Waals surface area contributed by atoms with Crippen LogP contribution in [0.1, 0.15) is 31.2 Å². The third-order valence-corrected chi connectivity index (χ3v) is 4.12.